The van der Waals surface area contributed by atoms with Crippen LogP contribution >= 0.6 is 0 Å². The zero-order valence-corrected chi connectivity index (χ0v) is 22.6. The Balaban J connectivity index is 3.27. The molecule has 0 aromatic carbocycles. The van der Waals surface area contributed by atoms with Gasteiger partial charge in [0, 0.05) is 5.92 Å². The quantitative estimate of drug-likeness (QED) is 0.108. The van der Waals surface area contributed by atoms with Crippen molar-refractivity contribution < 1.29 is 4.79 Å². The third-order valence-corrected chi connectivity index (χ3v) is 7.23. The van der Waals surface area contributed by atoms with Crippen molar-refractivity contribution in [3.05, 3.63) is 0 Å². The molecule has 1 radical (unpaired) electrons. The normalized spacial score (nSPS) is 12.3. The largest absolute Gasteiger partial charge is 0.291 e. The summed E-state index contributed by atoms with van der Waals surface area (Å²) >= 11 is 0. The molecule has 0 N–H and O–H groups in total. The lowest BCUT2D eigenvalue weighted by molar-refractivity contribution is 0.448. The van der Waals surface area contributed by atoms with Gasteiger partial charge in [-0.15, -0.1) is 0 Å². The fourth-order valence-corrected chi connectivity index (χ4v) is 4.90. The van der Waals surface area contributed by atoms with E-state index in [1.807, 2.05) is 0 Å². The summed E-state index contributed by atoms with van der Waals surface area (Å²) in [5.41, 5.74) is 0. The maximum absolute atomic E-state index is 11.3. The molecule has 0 amide bonds. The van der Waals surface area contributed by atoms with Gasteiger partial charge in [0.25, 0.3) is 0 Å². The van der Waals surface area contributed by atoms with E-state index in [1.165, 1.54) is 161 Å². The molecule has 0 rings (SSSR count). The second kappa shape index (κ2) is 28.7. The summed E-state index contributed by atoms with van der Waals surface area (Å²) in [4.78, 5) is 11.3. The molecule has 0 aliphatic carbocycles. The van der Waals surface area contributed by atoms with Crippen LogP contribution in [0.25, 0.3) is 0 Å². The molecule has 0 aromatic rings. The minimum atomic E-state index is 0.214. The van der Waals surface area contributed by atoms with Gasteiger partial charge in [-0.25, -0.2) is 0 Å². The highest BCUT2D eigenvalue weighted by molar-refractivity contribution is 5.54. The highest BCUT2D eigenvalue weighted by Crippen LogP contribution is 2.19. The van der Waals surface area contributed by atoms with E-state index in [0.717, 1.165) is 12.8 Å². The highest BCUT2D eigenvalue weighted by Gasteiger charge is 2.08. The second-order valence-corrected chi connectivity index (χ2v) is 10.5. The minimum Gasteiger partial charge on any atom is -0.291 e. The molecule has 32 heavy (non-hydrogen) atoms. The van der Waals surface area contributed by atoms with E-state index in [4.69, 9.17) is 0 Å². The van der Waals surface area contributed by atoms with Gasteiger partial charge in [0.15, 0.2) is 0 Å². The lowest BCUT2D eigenvalue weighted by atomic mass is 9.95. The van der Waals surface area contributed by atoms with Crippen molar-refractivity contribution in [1.82, 2.24) is 0 Å². The maximum Gasteiger partial charge on any atom is 0.201 e. The van der Waals surface area contributed by atoms with Gasteiger partial charge in [0.05, 0.1) is 0 Å². The Labute approximate surface area is 204 Å². The Bertz CT molecular complexity index is 337. The number of hydrogen-bond acceptors (Lipinski definition) is 1. The molecule has 0 spiro atoms. The molecule has 0 saturated carbocycles. The molecule has 191 valence electrons. The van der Waals surface area contributed by atoms with E-state index in [-0.39, 0.29) is 5.92 Å². The van der Waals surface area contributed by atoms with Crippen LogP contribution < -0.4 is 0 Å². The summed E-state index contributed by atoms with van der Waals surface area (Å²) in [6.07, 6.45) is 39.3. The number of rotatable bonds is 28. The van der Waals surface area contributed by atoms with Crippen LogP contribution in [0.5, 0.6) is 0 Å². The first-order valence-electron chi connectivity index (χ1n) is 15.2. The van der Waals surface area contributed by atoms with E-state index in [1.54, 1.807) is 0 Å². The van der Waals surface area contributed by atoms with E-state index < -0.39 is 0 Å². The topological polar surface area (TPSA) is 17.1 Å². The third-order valence-electron chi connectivity index (χ3n) is 7.23. The predicted molar refractivity (Wildman–Crippen MR) is 145 cm³/mol. The Kier molecular flexibility index (Phi) is 28.4. The molecular formula is C31H61O. The first-order valence-corrected chi connectivity index (χ1v) is 15.2. The van der Waals surface area contributed by atoms with Crippen LogP contribution in [-0.2, 0) is 4.79 Å². The van der Waals surface area contributed by atoms with Gasteiger partial charge in [0.2, 0.25) is 6.29 Å². The summed E-state index contributed by atoms with van der Waals surface area (Å²) in [5, 5.41) is 0. The van der Waals surface area contributed by atoms with E-state index >= 15 is 0 Å². The molecule has 0 heterocycles. The zero-order chi connectivity index (χ0) is 23.4. The standard InChI is InChI=1S/C31H61O/c1-3-5-7-9-11-13-15-16-17-19-21-23-25-27-29-31(30-32)28-26-24-22-20-18-14-12-10-8-6-4-2/h31H,3-29H2,1-2H3. The smallest absolute Gasteiger partial charge is 0.201 e. The Morgan fingerprint density at radius 1 is 0.375 bits per heavy atom. The fraction of sp³-hybridized carbons (Fsp3) is 0.968. The van der Waals surface area contributed by atoms with Crippen molar-refractivity contribution in [3.8, 4) is 0 Å². The molecule has 1 unspecified atom stereocenters. The highest BCUT2D eigenvalue weighted by atomic mass is 16.1. The van der Waals surface area contributed by atoms with E-state index in [0.29, 0.717) is 0 Å². The summed E-state index contributed by atoms with van der Waals surface area (Å²) in [6, 6.07) is 0. The number of unbranched alkanes of at least 4 members (excludes halogenated alkanes) is 23. The molecule has 0 aliphatic heterocycles. The first kappa shape index (κ1) is 31.7. The Morgan fingerprint density at radius 3 is 0.812 bits per heavy atom. The van der Waals surface area contributed by atoms with Crippen LogP contribution in [0, 0.1) is 5.92 Å². The lowest BCUT2D eigenvalue weighted by Gasteiger charge is -2.09. The number of hydrogen-bond donors (Lipinski definition) is 0. The molecule has 0 aromatic heterocycles. The van der Waals surface area contributed by atoms with Crippen LogP contribution in [0.4, 0.5) is 0 Å². The third kappa shape index (κ3) is 25.9. The molecule has 0 fully saturated rings. The molecule has 1 heteroatoms. The van der Waals surface area contributed by atoms with Crippen molar-refractivity contribution in [2.45, 2.75) is 187 Å². The van der Waals surface area contributed by atoms with Gasteiger partial charge in [0.1, 0.15) is 0 Å². The Morgan fingerprint density at radius 2 is 0.594 bits per heavy atom. The lowest BCUT2D eigenvalue weighted by Crippen LogP contribution is -2.02. The molecular weight excluding hydrogens is 388 g/mol. The summed E-state index contributed by atoms with van der Waals surface area (Å²) in [7, 11) is 0. The SMILES string of the molecule is CCCCCCCCCCCCCCCCC([C]=O)CCCCCCCCCCCCC. The van der Waals surface area contributed by atoms with Gasteiger partial charge >= 0.3 is 0 Å². The molecule has 1 atom stereocenters. The predicted octanol–water partition coefficient (Wildman–Crippen LogP) is 11.3. The minimum absolute atomic E-state index is 0.214. The molecule has 0 saturated heterocycles. The molecule has 0 bridgehead atoms. The zero-order valence-electron chi connectivity index (χ0n) is 22.6. The van der Waals surface area contributed by atoms with Crippen LogP contribution in [-0.4, -0.2) is 6.29 Å². The maximum atomic E-state index is 11.3. The van der Waals surface area contributed by atoms with Crippen LogP contribution in [0.3, 0.4) is 0 Å². The average molecular weight is 450 g/mol. The van der Waals surface area contributed by atoms with Gasteiger partial charge in [-0.1, -0.05) is 174 Å². The van der Waals surface area contributed by atoms with E-state index in [9.17, 15) is 4.79 Å². The Hall–Kier alpha value is -0.330. The monoisotopic (exact) mass is 449 g/mol. The van der Waals surface area contributed by atoms with Crippen LogP contribution in [0.2, 0.25) is 0 Å². The first-order chi connectivity index (χ1) is 15.8. The number of carbonyl (C=O) groups excluding carboxylic acids is 1. The van der Waals surface area contributed by atoms with E-state index in [2.05, 4.69) is 20.1 Å². The van der Waals surface area contributed by atoms with Crippen LogP contribution in [0.1, 0.15) is 187 Å². The average Bonchev–Trinajstić information content (AvgIpc) is 2.81. The van der Waals surface area contributed by atoms with Crippen LogP contribution in [0.15, 0.2) is 0 Å². The summed E-state index contributed by atoms with van der Waals surface area (Å²) in [6.45, 7) is 4.58. The second-order valence-electron chi connectivity index (χ2n) is 10.5. The van der Waals surface area contributed by atoms with Crippen molar-refractivity contribution in [2.24, 2.45) is 5.92 Å². The van der Waals surface area contributed by atoms with Crippen molar-refractivity contribution in [2.75, 3.05) is 0 Å². The molecule has 0 aliphatic rings. The van der Waals surface area contributed by atoms with Gasteiger partial charge in [-0.2, -0.15) is 0 Å². The van der Waals surface area contributed by atoms with Crippen molar-refractivity contribution in [3.63, 3.8) is 0 Å². The van der Waals surface area contributed by atoms with Gasteiger partial charge in [-0.3, -0.25) is 4.79 Å². The van der Waals surface area contributed by atoms with Gasteiger partial charge in [-0.05, 0) is 12.8 Å². The van der Waals surface area contributed by atoms with Crippen molar-refractivity contribution >= 4 is 6.29 Å². The summed E-state index contributed by atoms with van der Waals surface area (Å²) in [5.74, 6) is 0.214. The van der Waals surface area contributed by atoms with Gasteiger partial charge < -0.3 is 0 Å². The fourth-order valence-electron chi connectivity index (χ4n) is 4.90. The molecule has 1 nitrogen and oxygen atoms in total. The summed E-state index contributed by atoms with van der Waals surface area (Å²) < 4.78 is 0. The van der Waals surface area contributed by atoms with Crippen molar-refractivity contribution in [1.29, 1.82) is 0 Å².